The number of nitrogens with zero attached hydrogens (tertiary/aromatic N) is 1. The molecule has 0 spiro atoms. The number of anilines is 1. The van der Waals surface area contributed by atoms with Crippen molar-refractivity contribution in [2.45, 2.75) is 72.1 Å². The van der Waals surface area contributed by atoms with E-state index in [9.17, 15) is 9.59 Å². The lowest BCUT2D eigenvalue weighted by Gasteiger charge is -2.21. The zero-order chi connectivity index (χ0) is 28.0. The van der Waals surface area contributed by atoms with Crippen LogP contribution in [0.1, 0.15) is 87.4 Å². The van der Waals surface area contributed by atoms with Crippen molar-refractivity contribution in [1.82, 2.24) is 4.90 Å². The van der Waals surface area contributed by atoms with E-state index in [1.54, 1.807) is 18.2 Å². The highest BCUT2D eigenvalue weighted by atomic mass is 16.5. The van der Waals surface area contributed by atoms with Crippen molar-refractivity contribution >= 4 is 28.3 Å². The van der Waals surface area contributed by atoms with Crippen molar-refractivity contribution in [3.8, 4) is 5.75 Å². The Balaban J connectivity index is 1.70. The summed E-state index contributed by atoms with van der Waals surface area (Å²) in [5, 5.41) is 3.47. The average Bonchev–Trinajstić information content (AvgIpc) is 3.32. The number of ether oxygens (including phenoxy) is 1. The van der Waals surface area contributed by atoms with Crippen LogP contribution in [0.2, 0.25) is 0 Å². The number of hydrogen-bond donors (Lipinski definition) is 1. The van der Waals surface area contributed by atoms with Crippen LogP contribution in [0.3, 0.4) is 0 Å². The van der Waals surface area contributed by atoms with E-state index in [2.05, 4.69) is 37.6 Å². The van der Waals surface area contributed by atoms with Gasteiger partial charge in [-0.1, -0.05) is 46.6 Å². The minimum Gasteiger partial charge on any atom is -0.494 e. The highest BCUT2D eigenvalue weighted by Crippen LogP contribution is 2.32. The summed E-state index contributed by atoms with van der Waals surface area (Å²) in [5.41, 5.74) is 2.36. The van der Waals surface area contributed by atoms with E-state index in [-0.39, 0.29) is 11.7 Å². The molecule has 0 saturated heterocycles. The molecular weight excluding hydrogens is 488 g/mol. The van der Waals surface area contributed by atoms with Crippen molar-refractivity contribution in [3.05, 3.63) is 72.0 Å². The number of aryl methyl sites for hydroxylation is 1. The quantitative estimate of drug-likeness (QED) is 0.103. The second kappa shape index (κ2) is 15.9. The number of furan rings is 1. The monoisotopic (exact) mass is 532 g/mol. The van der Waals surface area contributed by atoms with Crippen LogP contribution in [0.15, 0.2) is 59.5 Å². The molecule has 0 atom stereocenters. The van der Waals surface area contributed by atoms with Crippen molar-refractivity contribution < 1.29 is 18.7 Å². The molecular formula is C33H44N2O4. The lowest BCUT2D eigenvalue weighted by Crippen LogP contribution is -2.28. The van der Waals surface area contributed by atoms with Gasteiger partial charge in [-0.05, 0) is 87.3 Å². The normalized spacial score (nSPS) is 11.2. The van der Waals surface area contributed by atoms with Gasteiger partial charge in [0, 0.05) is 29.6 Å². The number of unbranched alkanes of at least 4 members (excludes halogenated alkanes) is 3. The van der Waals surface area contributed by atoms with Gasteiger partial charge in [0.25, 0.3) is 0 Å². The molecule has 0 aliphatic heterocycles. The molecule has 3 rings (SSSR count). The van der Waals surface area contributed by atoms with E-state index in [0.717, 1.165) is 44.6 Å². The number of carbonyl (C=O) groups is 2. The van der Waals surface area contributed by atoms with Gasteiger partial charge in [-0.3, -0.25) is 9.59 Å². The topological polar surface area (TPSA) is 71.8 Å². The van der Waals surface area contributed by atoms with Crippen molar-refractivity contribution in [1.29, 1.82) is 0 Å². The Morgan fingerprint density at radius 1 is 0.923 bits per heavy atom. The minimum absolute atomic E-state index is 0.0962. The number of hydrogen-bond acceptors (Lipinski definition) is 5. The highest BCUT2D eigenvalue weighted by molar-refractivity contribution is 6.17. The van der Waals surface area contributed by atoms with Crippen LogP contribution in [0.5, 0.6) is 5.75 Å². The molecule has 210 valence electrons. The van der Waals surface area contributed by atoms with E-state index in [0.29, 0.717) is 46.6 Å². The van der Waals surface area contributed by atoms with E-state index in [4.69, 9.17) is 9.15 Å². The molecule has 0 bridgehead atoms. The molecule has 2 aromatic carbocycles. The van der Waals surface area contributed by atoms with Crippen molar-refractivity contribution in [2.75, 3.05) is 31.6 Å². The van der Waals surface area contributed by atoms with E-state index < -0.39 is 0 Å². The fraction of sp³-hybridized carbons (Fsp3) is 0.455. The van der Waals surface area contributed by atoms with E-state index in [1.807, 2.05) is 24.3 Å². The molecule has 1 heterocycles. The van der Waals surface area contributed by atoms with Crippen LogP contribution in [-0.4, -0.2) is 42.8 Å². The molecule has 0 aliphatic carbocycles. The minimum atomic E-state index is -0.304. The number of rotatable bonds is 18. The average molecular weight is 533 g/mol. The Morgan fingerprint density at radius 2 is 1.59 bits per heavy atom. The second-order valence-corrected chi connectivity index (χ2v) is 10.0. The summed E-state index contributed by atoms with van der Waals surface area (Å²) in [6, 6.07) is 12.7. The maximum absolute atomic E-state index is 13.7. The third kappa shape index (κ3) is 8.82. The number of fused-ring (bicyclic) bond motifs is 1. The standard InChI is InChI=1S/C33H44N2O4/c1-5-9-13-30-32(28-24-26(34-31(36)8-4)16-19-29(28)39-30)33(37)25-14-17-27(18-15-25)38-23-12-22-35(20-10-6-2)21-11-7-3/h8,14-19,24H,4-7,9-13,20-23H2,1-3H3,(H,34,36). The third-order valence-corrected chi connectivity index (χ3v) is 6.86. The first-order valence-electron chi connectivity index (χ1n) is 14.5. The maximum Gasteiger partial charge on any atom is 0.247 e. The zero-order valence-electron chi connectivity index (χ0n) is 23.9. The molecule has 1 N–H and O–H groups in total. The summed E-state index contributed by atoms with van der Waals surface area (Å²) in [7, 11) is 0. The van der Waals surface area contributed by atoms with Crippen molar-refractivity contribution in [2.24, 2.45) is 0 Å². The lowest BCUT2D eigenvalue weighted by molar-refractivity contribution is -0.111. The van der Waals surface area contributed by atoms with Gasteiger partial charge in [0.15, 0.2) is 5.78 Å². The number of amides is 1. The summed E-state index contributed by atoms with van der Waals surface area (Å²) >= 11 is 0. The number of nitrogens with one attached hydrogen (secondary N) is 1. The fourth-order valence-corrected chi connectivity index (χ4v) is 4.61. The Kier molecular flexibility index (Phi) is 12.3. The van der Waals surface area contributed by atoms with Crippen LogP contribution in [0.4, 0.5) is 5.69 Å². The van der Waals surface area contributed by atoms with Gasteiger partial charge in [-0.2, -0.15) is 0 Å². The van der Waals surface area contributed by atoms with Gasteiger partial charge >= 0.3 is 0 Å². The summed E-state index contributed by atoms with van der Waals surface area (Å²) in [6.07, 6.45) is 9.67. The molecule has 0 radical (unpaired) electrons. The SMILES string of the molecule is C=CC(=O)Nc1ccc2oc(CCCC)c(C(=O)c3ccc(OCCCN(CCCC)CCCC)cc3)c2c1. The fourth-order valence-electron chi connectivity index (χ4n) is 4.61. The predicted molar refractivity (Wildman–Crippen MR) is 160 cm³/mol. The molecule has 1 aromatic heterocycles. The lowest BCUT2D eigenvalue weighted by atomic mass is 9.98. The summed E-state index contributed by atoms with van der Waals surface area (Å²) in [6.45, 7) is 14.1. The van der Waals surface area contributed by atoms with Gasteiger partial charge in [0.05, 0.1) is 12.2 Å². The van der Waals surface area contributed by atoms with Crippen LogP contribution >= 0.6 is 0 Å². The van der Waals surface area contributed by atoms with Crippen molar-refractivity contribution in [3.63, 3.8) is 0 Å². The van der Waals surface area contributed by atoms with Gasteiger partial charge in [0.2, 0.25) is 5.91 Å². The summed E-state index contributed by atoms with van der Waals surface area (Å²) in [5.74, 6) is 1.04. The zero-order valence-corrected chi connectivity index (χ0v) is 23.9. The van der Waals surface area contributed by atoms with Gasteiger partial charge in [0.1, 0.15) is 17.1 Å². The van der Waals surface area contributed by atoms with Gasteiger partial charge < -0.3 is 19.4 Å². The summed E-state index contributed by atoms with van der Waals surface area (Å²) in [4.78, 5) is 28.1. The van der Waals surface area contributed by atoms with Gasteiger partial charge in [-0.25, -0.2) is 0 Å². The smallest absolute Gasteiger partial charge is 0.247 e. The molecule has 6 heteroatoms. The number of benzene rings is 2. The molecule has 6 nitrogen and oxygen atoms in total. The van der Waals surface area contributed by atoms with Crippen LogP contribution in [0.25, 0.3) is 11.0 Å². The Labute approximate surface area is 233 Å². The van der Waals surface area contributed by atoms with E-state index in [1.165, 1.54) is 31.8 Å². The number of ketones is 1. The Bertz CT molecular complexity index is 1200. The molecule has 39 heavy (non-hydrogen) atoms. The van der Waals surface area contributed by atoms with E-state index >= 15 is 0 Å². The molecule has 0 fully saturated rings. The van der Waals surface area contributed by atoms with Gasteiger partial charge in [-0.15, -0.1) is 0 Å². The first-order valence-corrected chi connectivity index (χ1v) is 14.5. The van der Waals surface area contributed by atoms with Crippen LogP contribution in [0, 0.1) is 0 Å². The Hall–Kier alpha value is -3.38. The molecule has 0 saturated carbocycles. The first kappa shape index (κ1) is 30.2. The second-order valence-electron chi connectivity index (χ2n) is 10.0. The molecule has 0 aliphatic rings. The number of carbonyl (C=O) groups excluding carboxylic acids is 2. The largest absolute Gasteiger partial charge is 0.494 e. The predicted octanol–water partition coefficient (Wildman–Crippen LogP) is 7.80. The third-order valence-electron chi connectivity index (χ3n) is 6.86. The first-order chi connectivity index (χ1) is 19.0. The Morgan fingerprint density at radius 3 is 2.23 bits per heavy atom. The molecule has 0 unspecified atom stereocenters. The van der Waals surface area contributed by atoms with Crippen LogP contribution in [-0.2, 0) is 11.2 Å². The molecule has 3 aromatic rings. The summed E-state index contributed by atoms with van der Waals surface area (Å²) < 4.78 is 12.1. The maximum atomic E-state index is 13.7. The molecule has 1 amide bonds. The highest BCUT2D eigenvalue weighted by Gasteiger charge is 2.22. The van der Waals surface area contributed by atoms with Crippen LogP contribution < -0.4 is 10.1 Å².